The summed E-state index contributed by atoms with van der Waals surface area (Å²) in [6, 6.07) is 0. The van der Waals surface area contributed by atoms with Crippen LogP contribution in [0.3, 0.4) is 0 Å². The highest BCUT2D eigenvalue weighted by molar-refractivity contribution is 5.83. The summed E-state index contributed by atoms with van der Waals surface area (Å²) in [4.78, 5) is 41.2. The van der Waals surface area contributed by atoms with Gasteiger partial charge in [0.25, 0.3) is 0 Å². The Bertz CT molecular complexity index is 304. The van der Waals surface area contributed by atoms with Crippen molar-refractivity contribution in [1.82, 2.24) is 0 Å². The molecule has 0 bridgehead atoms. The molecule has 8 heteroatoms. The molecule has 0 radical (unpaired) electrons. The second-order valence-electron chi connectivity index (χ2n) is 6.10. The molecule has 0 rings (SSSR count). The molecule has 0 saturated carbocycles. The fraction of sp³-hybridized carbons (Fsp3) is 0.833. The first kappa shape index (κ1) is 18.8. The van der Waals surface area contributed by atoms with E-state index in [0.717, 1.165) is 0 Å². The molecule has 2 N–H and O–H groups in total. The van der Waals surface area contributed by atoms with Crippen LogP contribution >= 0.6 is 0 Å². The lowest BCUT2D eigenvalue weighted by Gasteiger charge is -2.26. The van der Waals surface area contributed by atoms with Crippen molar-refractivity contribution in [2.24, 2.45) is 0 Å². The van der Waals surface area contributed by atoms with Gasteiger partial charge in [0.1, 0.15) is 0 Å². The molecular weight excluding hydrogens is 272 g/mol. The van der Waals surface area contributed by atoms with Crippen molar-refractivity contribution >= 4 is 11.9 Å². The van der Waals surface area contributed by atoms with Gasteiger partial charge in [-0.3, -0.25) is 0 Å². The van der Waals surface area contributed by atoms with E-state index in [0.29, 0.717) is 0 Å². The van der Waals surface area contributed by atoms with Gasteiger partial charge in [-0.15, -0.1) is 0 Å². The van der Waals surface area contributed by atoms with Gasteiger partial charge in [0.2, 0.25) is 12.2 Å². The van der Waals surface area contributed by atoms with Gasteiger partial charge in [0.15, 0.2) is 0 Å². The van der Waals surface area contributed by atoms with E-state index in [1.165, 1.54) is 0 Å². The topological polar surface area (TPSA) is 112 Å². The van der Waals surface area contributed by atoms with Crippen molar-refractivity contribution in [3.8, 4) is 0 Å². The number of rotatable bonds is 7. The number of carbonyl (C=O) groups is 2. The lowest BCUT2D eigenvalue weighted by atomic mass is 10.2. The highest BCUT2D eigenvalue weighted by Crippen LogP contribution is 2.16. The lowest BCUT2D eigenvalue weighted by Crippen LogP contribution is -2.46. The van der Waals surface area contributed by atoms with E-state index in [9.17, 15) is 9.59 Å². The molecule has 0 aliphatic carbocycles. The van der Waals surface area contributed by atoms with Gasteiger partial charge in [-0.1, -0.05) is 0 Å². The molecule has 0 aliphatic heterocycles. The average Bonchev–Trinajstić information content (AvgIpc) is 2.18. The third kappa shape index (κ3) is 8.05. The van der Waals surface area contributed by atoms with Gasteiger partial charge in [-0.05, 0) is 41.5 Å². The summed E-state index contributed by atoms with van der Waals surface area (Å²) in [5.74, 6) is -3.08. The summed E-state index contributed by atoms with van der Waals surface area (Å²) in [5, 5.41) is 18.0. The largest absolute Gasteiger partial charge is 0.479 e. The molecular formula is C12H22O8. The maximum Gasteiger partial charge on any atom is 0.339 e. The third-order valence-electron chi connectivity index (χ3n) is 1.57. The average molecular weight is 294 g/mol. The first-order valence-corrected chi connectivity index (χ1v) is 5.98. The molecule has 8 nitrogen and oxygen atoms in total. The van der Waals surface area contributed by atoms with Crippen LogP contribution in [0.15, 0.2) is 0 Å². The van der Waals surface area contributed by atoms with Crippen LogP contribution in [-0.4, -0.2) is 45.6 Å². The number of aliphatic carboxylic acids is 2. The van der Waals surface area contributed by atoms with E-state index in [2.05, 4.69) is 9.78 Å². The smallest absolute Gasteiger partial charge is 0.339 e. The van der Waals surface area contributed by atoms with E-state index in [1.807, 2.05) is 0 Å². The molecule has 0 aromatic carbocycles. The number of carboxylic acids is 2. The molecule has 0 saturated heterocycles. The monoisotopic (exact) mass is 294 g/mol. The van der Waals surface area contributed by atoms with Crippen LogP contribution in [0, 0.1) is 0 Å². The second-order valence-corrected chi connectivity index (χ2v) is 6.10. The SMILES string of the molecule is CC(C)(C)OOC(C(=O)O)C(OOC(C)(C)C)C(=O)O. The minimum atomic E-state index is -1.87. The minimum absolute atomic E-state index is 0.804. The summed E-state index contributed by atoms with van der Waals surface area (Å²) >= 11 is 0. The molecule has 118 valence electrons. The number of hydrogen-bond acceptors (Lipinski definition) is 6. The predicted octanol–water partition coefficient (Wildman–Crippen LogP) is 1.39. The first-order chi connectivity index (χ1) is 8.83. The van der Waals surface area contributed by atoms with Crippen molar-refractivity contribution in [1.29, 1.82) is 0 Å². The van der Waals surface area contributed by atoms with Gasteiger partial charge in [-0.25, -0.2) is 29.1 Å². The molecule has 0 aliphatic rings. The van der Waals surface area contributed by atoms with Crippen molar-refractivity contribution in [2.45, 2.75) is 65.0 Å². The maximum atomic E-state index is 11.1. The Kier molecular flexibility index (Phi) is 6.55. The second kappa shape index (κ2) is 6.98. The molecule has 0 amide bonds. The predicted molar refractivity (Wildman–Crippen MR) is 66.7 cm³/mol. The van der Waals surface area contributed by atoms with Gasteiger partial charge >= 0.3 is 11.9 Å². The Balaban J connectivity index is 4.88. The molecule has 20 heavy (non-hydrogen) atoms. The zero-order valence-corrected chi connectivity index (χ0v) is 12.5. The van der Waals surface area contributed by atoms with Gasteiger partial charge in [-0.2, -0.15) is 0 Å². The van der Waals surface area contributed by atoms with E-state index < -0.39 is 35.3 Å². The molecule has 0 aromatic rings. The lowest BCUT2D eigenvalue weighted by molar-refractivity contribution is -0.419. The van der Waals surface area contributed by atoms with E-state index >= 15 is 0 Å². The molecule has 0 spiro atoms. The van der Waals surface area contributed by atoms with Crippen LogP contribution in [0.5, 0.6) is 0 Å². The third-order valence-corrected chi connectivity index (χ3v) is 1.57. The highest BCUT2D eigenvalue weighted by Gasteiger charge is 2.40. The van der Waals surface area contributed by atoms with Crippen molar-refractivity contribution < 1.29 is 39.4 Å². The maximum absolute atomic E-state index is 11.1. The van der Waals surface area contributed by atoms with Gasteiger partial charge < -0.3 is 10.2 Å². The zero-order valence-electron chi connectivity index (χ0n) is 12.5. The first-order valence-electron chi connectivity index (χ1n) is 5.98. The van der Waals surface area contributed by atoms with E-state index in [1.54, 1.807) is 41.5 Å². The standard InChI is InChI=1S/C12H22O8/c1-11(2,3)19-17-7(9(13)14)8(10(15)16)18-20-12(4,5)6/h7-8H,1-6H3,(H,13,14)(H,15,16). The van der Waals surface area contributed by atoms with Crippen LogP contribution in [0.1, 0.15) is 41.5 Å². The Morgan fingerprint density at radius 3 is 1.15 bits per heavy atom. The minimum Gasteiger partial charge on any atom is -0.479 e. The highest BCUT2D eigenvalue weighted by atomic mass is 17.2. The number of hydrogen-bond donors (Lipinski definition) is 2. The summed E-state index contributed by atoms with van der Waals surface area (Å²) in [6.07, 6.45) is -3.73. The molecule has 0 aromatic heterocycles. The van der Waals surface area contributed by atoms with Crippen LogP contribution in [-0.2, 0) is 29.1 Å². The fourth-order valence-electron chi connectivity index (χ4n) is 0.835. The van der Waals surface area contributed by atoms with Crippen LogP contribution in [0.2, 0.25) is 0 Å². The Labute approximate surface area is 117 Å². The Hall–Kier alpha value is -1.22. The van der Waals surface area contributed by atoms with Crippen LogP contribution in [0.4, 0.5) is 0 Å². The molecule has 2 unspecified atom stereocenters. The summed E-state index contributed by atoms with van der Waals surface area (Å²) in [6.45, 7) is 9.72. The molecule has 0 heterocycles. The van der Waals surface area contributed by atoms with Crippen LogP contribution in [0.25, 0.3) is 0 Å². The Morgan fingerprint density at radius 1 is 0.750 bits per heavy atom. The Morgan fingerprint density at radius 2 is 1.00 bits per heavy atom. The summed E-state index contributed by atoms with van der Waals surface area (Å²) in [5.41, 5.74) is -1.61. The van der Waals surface area contributed by atoms with Gasteiger partial charge in [0, 0.05) is 0 Å². The van der Waals surface area contributed by atoms with Crippen LogP contribution < -0.4 is 0 Å². The summed E-state index contributed by atoms with van der Waals surface area (Å²) < 4.78 is 0. The van der Waals surface area contributed by atoms with Crippen molar-refractivity contribution in [2.75, 3.05) is 0 Å². The molecule has 0 fully saturated rings. The van der Waals surface area contributed by atoms with Gasteiger partial charge in [0.05, 0.1) is 11.2 Å². The number of carboxylic acid groups (broad SMARTS) is 2. The fourth-order valence-corrected chi connectivity index (χ4v) is 0.835. The summed E-state index contributed by atoms with van der Waals surface area (Å²) in [7, 11) is 0. The normalized spacial score (nSPS) is 15.7. The molecule has 2 atom stereocenters. The van der Waals surface area contributed by atoms with E-state index in [4.69, 9.17) is 20.0 Å². The quantitative estimate of drug-likeness (QED) is 0.535. The van der Waals surface area contributed by atoms with E-state index in [-0.39, 0.29) is 0 Å². The van der Waals surface area contributed by atoms with Crippen molar-refractivity contribution in [3.63, 3.8) is 0 Å². The zero-order chi connectivity index (χ0) is 16.1. The van der Waals surface area contributed by atoms with Crippen molar-refractivity contribution in [3.05, 3.63) is 0 Å².